The maximum Gasteiger partial charge on any atom is 0.303 e. The van der Waals surface area contributed by atoms with Crippen molar-refractivity contribution in [1.82, 2.24) is 10.2 Å². The van der Waals surface area contributed by atoms with Crippen molar-refractivity contribution in [2.24, 2.45) is 0 Å². The summed E-state index contributed by atoms with van der Waals surface area (Å²) in [5.74, 6) is -0.679. The summed E-state index contributed by atoms with van der Waals surface area (Å²) in [5, 5.41) is 11.5. The molecule has 14 heavy (non-hydrogen) atoms. The summed E-state index contributed by atoms with van der Waals surface area (Å²) in [6.45, 7) is 1.38. The lowest BCUT2D eigenvalue weighted by molar-refractivity contribution is -0.137. The van der Waals surface area contributed by atoms with Crippen LogP contribution in [0.5, 0.6) is 0 Å². The molecule has 1 unspecified atom stereocenters. The van der Waals surface area contributed by atoms with Gasteiger partial charge in [0.1, 0.15) is 0 Å². The quantitative estimate of drug-likeness (QED) is 0.596. The van der Waals surface area contributed by atoms with E-state index >= 15 is 0 Å². The van der Waals surface area contributed by atoms with E-state index in [4.69, 9.17) is 5.11 Å². The van der Waals surface area contributed by atoms with Crippen LogP contribution in [0.25, 0.3) is 0 Å². The van der Waals surface area contributed by atoms with E-state index in [1.165, 1.54) is 0 Å². The van der Waals surface area contributed by atoms with Crippen molar-refractivity contribution in [3.8, 4) is 0 Å². The second kappa shape index (κ2) is 4.95. The Morgan fingerprint density at radius 1 is 1.71 bits per heavy atom. The molecule has 1 atom stereocenters. The van der Waals surface area contributed by atoms with Crippen LogP contribution in [-0.4, -0.2) is 48.1 Å². The standard InChI is InChI=1S/C9H16N2O3/c1-11-6-4-7(9(11)14)10-5-2-3-8(12)13/h7,10H,2-6H2,1H3,(H,12,13). The third-order valence-corrected chi connectivity index (χ3v) is 2.39. The average molecular weight is 200 g/mol. The number of hydrogen-bond donors (Lipinski definition) is 2. The topological polar surface area (TPSA) is 69.6 Å². The van der Waals surface area contributed by atoms with Gasteiger partial charge in [0, 0.05) is 20.0 Å². The van der Waals surface area contributed by atoms with Gasteiger partial charge in [-0.25, -0.2) is 0 Å². The van der Waals surface area contributed by atoms with E-state index in [0.29, 0.717) is 13.0 Å². The number of hydrogen-bond acceptors (Lipinski definition) is 3. The first-order valence-corrected chi connectivity index (χ1v) is 4.81. The summed E-state index contributed by atoms with van der Waals surface area (Å²) < 4.78 is 0. The van der Waals surface area contributed by atoms with E-state index in [-0.39, 0.29) is 18.4 Å². The van der Waals surface area contributed by atoms with Crippen LogP contribution in [0, 0.1) is 0 Å². The molecule has 1 aliphatic rings. The molecule has 0 bridgehead atoms. The molecule has 2 N–H and O–H groups in total. The molecule has 0 radical (unpaired) electrons. The second-order valence-electron chi connectivity index (χ2n) is 3.55. The first kappa shape index (κ1) is 11.0. The van der Waals surface area contributed by atoms with E-state index in [9.17, 15) is 9.59 Å². The van der Waals surface area contributed by atoms with Gasteiger partial charge in [-0.05, 0) is 19.4 Å². The highest BCUT2D eigenvalue weighted by atomic mass is 16.4. The predicted octanol–water partition coefficient (Wildman–Crippen LogP) is -0.328. The van der Waals surface area contributed by atoms with E-state index in [2.05, 4.69) is 5.32 Å². The molecule has 1 saturated heterocycles. The Hall–Kier alpha value is -1.10. The molecule has 0 aromatic heterocycles. The summed E-state index contributed by atoms with van der Waals surface area (Å²) in [7, 11) is 1.78. The van der Waals surface area contributed by atoms with Gasteiger partial charge in [0.15, 0.2) is 0 Å². The molecule has 80 valence electrons. The highest BCUT2D eigenvalue weighted by Gasteiger charge is 2.27. The Labute approximate surface area is 83.1 Å². The number of aliphatic carboxylic acids is 1. The van der Waals surface area contributed by atoms with Crippen LogP contribution in [0.1, 0.15) is 19.3 Å². The molecule has 5 nitrogen and oxygen atoms in total. The van der Waals surface area contributed by atoms with Crippen molar-refractivity contribution >= 4 is 11.9 Å². The number of likely N-dealkylation sites (N-methyl/N-ethyl adjacent to an activating group) is 1. The lowest BCUT2D eigenvalue weighted by Gasteiger charge is -2.11. The number of carboxylic acids is 1. The van der Waals surface area contributed by atoms with Crippen LogP contribution in [0.3, 0.4) is 0 Å². The fourth-order valence-electron chi connectivity index (χ4n) is 1.53. The molecule has 0 spiro atoms. The van der Waals surface area contributed by atoms with Gasteiger partial charge in [-0.15, -0.1) is 0 Å². The summed E-state index contributed by atoms with van der Waals surface area (Å²) in [6.07, 6.45) is 1.55. The van der Waals surface area contributed by atoms with Crippen LogP contribution < -0.4 is 5.32 Å². The number of rotatable bonds is 5. The minimum Gasteiger partial charge on any atom is -0.481 e. The zero-order chi connectivity index (χ0) is 10.6. The maximum atomic E-state index is 11.4. The van der Waals surface area contributed by atoms with Gasteiger partial charge < -0.3 is 15.3 Å². The van der Waals surface area contributed by atoms with Crippen molar-refractivity contribution in [2.75, 3.05) is 20.1 Å². The lowest BCUT2D eigenvalue weighted by atomic mass is 10.2. The van der Waals surface area contributed by atoms with Gasteiger partial charge in [0.05, 0.1) is 6.04 Å². The lowest BCUT2D eigenvalue weighted by Crippen LogP contribution is -2.37. The number of carbonyl (C=O) groups excluding carboxylic acids is 1. The van der Waals surface area contributed by atoms with Gasteiger partial charge in [-0.3, -0.25) is 9.59 Å². The monoisotopic (exact) mass is 200 g/mol. The highest BCUT2D eigenvalue weighted by Crippen LogP contribution is 2.08. The molecule has 1 fully saturated rings. The molecule has 0 aliphatic carbocycles. The van der Waals surface area contributed by atoms with Gasteiger partial charge in [-0.1, -0.05) is 0 Å². The zero-order valence-electron chi connectivity index (χ0n) is 8.32. The average Bonchev–Trinajstić information content (AvgIpc) is 2.43. The summed E-state index contributed by atoms with van der Waals surface area (Å²) >= 11 is 0. The Morgan fingerprint density at radius 2 is 2.43 bits per heavy atom. The van der Waals surface area contributed by atoms with Crippen LogP contribution in [0.15, 0.2) is 0 Å². The molecule has 0 aromatic carbocycles. The Balaban J connectivity index is 2.13. The van der Waals surface area contributed by atoms with Crippen molar-refractivity contribution in [1.29, 1.82) is 0 Å². The van der Waals surface area contributed by atoms with Crippen LogP contribution in [0.2, 0.25) is 0 Å². The first-order valence-electron chi connectivity index (χ1n) is 4.81. The van der Waals surface area contributed by atoms with E-state index in [1.54, 1.807) is 11.9 Å². The number of likely N-dealkylation sites (tertiary alicyclic amines) is 1. The van der Waals surface area contributed by atoms with Crippen molar-refractivity contribution in [3.05, 3.63) is 0 Å². The fourth-order valence-corrected chi connectivity index (χ4v) is 1.53. The van der Waals surface area contributed by atoms with Crippen molar-refractivity contribution in [3.63, 3.8) is 0 Å². The number of amides is 1. The normalized spacial score (nSPS) is 21.6. The number of carbonyl (C=O) groups is 2. The maximum absolute atomic E-state index is 11.4. The molecule has 1 heterocycles. The molecular formula is C9H16N2O3. The van der Waals surface area contributed by atoms with Gasteiger partial charge in [0.2, 0.25) is 5.91 Å². The second-order valence-corrected chi connectivity index (χ2v) is 3.55. The van der Waals surface area contributed by atoms with Crippen LogP contribution in [-0.2, 0) is 9.59 Å². The van der Waals surface area contributed by atoms with Crippen molar-refractivity contribution < 1.29 is 14.7 Å². The number of carboxylic acid groups (broad SMARTS) is 1. The minimum atomic E-state index is -0.790. The highest BCUT2D eigenvalue weighted by molar-refractivity contribution is 5.83. The van der Waals surface area contributed by atoms with E-state index < -0.39 is 5.97 Å². The summed E-state index contributed by atoms with van der Waals surface area (Å²) in [6, 6.07) is -0.103. The van der Waals surface area contributed by atoms with Crippen LogP contribution >= 0.6 is 0 Å². The minimum absolute atomic E-state index is 0.103. The molecule has 0 saturated carbocycles. The molecule has 1 aliphatic heterocycles. The van der Waals surface area contributed by atoms with Gasteiger partial charge in [0.25, 0.3) is 0 Å². The third kappa shape index (κ3) is 2.99. The molecular weight excluding hydrogens is 184 g/mol. The molecule has 0 aromatic rings. The predicted molar refractivity (Wildman–Crippen MR) is 50.9 cm³/mol. The van der Waals surface area contributed by atoms with Crippen LogP contribution in [0.4, 0.5) is 0 Å². The largest absolute Gasteiger partial charge is 0.481 e. The molecule has 5 heteroatoms. The van der Waals surface area contributed by atoms with E-state index in [1.807, 2.05) is 0 Å². The Bertz CT molecular complexity index is 230. The zero-order valence-corrected chi connectivity index (χ0v) is 8.32. The molecule has 1 rings (SSSR count). The smallest absolute Gasteiger partial charge is 0.303 e. The number of nitrogens with zero attached hydrogens (tertiary/aromatic N) is 1. The van der Waals surface area contributed by atoms with Gasteiger partial charge in [-0.2, -0.15) is 0 Å². The van der Waals surface area contributed by atoms with Gasteiger partial charge >= 0.3 is 5.97 Å². The molecule has 1 amide bonds. The Morgan fingerprint density at radius 3 is 2.93 bits per heavy atom. The number of nitrogens with one attached hydrogen (secondary N) is 1. The van der Waals surface area contributed by atoms with E-state index in [0.717, 1.165) is 13.0 Å². The third-order valence-electron chi connectivity index (χ3n) is 2.39. The Kier molecular flexibility index (Phi) is 3.88. The summed E-state index contributed by atoms with van der Waals surface area (Å²) in [4.78, 5) is 23.3. The fraction of sp³-hybridized carbons (Fsp3) is 0.778. The SMILES string of the molecule is CN1CCC(NCCCC(=O)O)C1=O. The summed E-state index contributed by atoms with van der Waals surface area (Å²) in [5.41, 5.74) is 0. The van der Waals surface area contributed by atoms with Crippen molar-refractivity contribution in [2.45, 2.75) is 25.3 Å². The first-order chi connectivity index (χ1) is 6.61.